The Bertz CT molecular complexity index is 1500. The van der Waals surface area contributed by atoms with Crippen LogP contribution >= 0.6 is 0 Å². The summed E-state index contributed by atoms with van der Waals surface area (Å²) in [6.07, 6.45) is 4.99. The van der Waals surface area contributed by atoms with Crippen molar-refractivity contribution in [3.8, 4) is 22.5 Å². The standard InChI is InChI=1S/C31H25N3O3/c1-21-28(34(26-6-3-2-4-7-26)27-8-5-19-32-20-27)29(37-33-21)24-11-9-22(10-12-24)23-13-15-25(16-14-23)31(17-18-31)30(35)36/h2-16,19-20H,17-18H2,1H3,(H,35,36). The number of hydrogen-bond donors (Lipinski definition) is 1. The largest absolute Gasteiger partial charge is 0.481 e. The molecule has 1 N–H and O–H groups in total. The third kappa shape index (κ3) is 4.06. The number of pyridine rings is 1. The zero-order valence-corrected chi connectivity index (χ0v) is 20.3. The molecule has 0 spiro atoms. The fourth-order valence-corrected chi connectivity index (χ4v) is 4.83. The van der Waals surface area contributed by atoms with Gasteiger partial charge in [0, 0.05) is 17.4 Å². The summed E-state index contributed by atoms with van der Waals surface area (Å²) in [7, 11) is 0. The zero-order valence-electron chi connectivity index (χ0n) is 20.3. The molecular formula is C31H25N3O3. The Labute approximate surface area is 214 Å². The lowest BCUT2D eigenvalue weighted by Crippen LogP contribution is -2.19. The molecule has 5 aromatic rings. The van der Waals surface area contributed by atoms with Crippen molar-refractivity contribution in [2.24, 2.45) is 0 Å². The van der Waals surface area contributed by atoms with Gasteiger partial charge in [0.05, 0.1) is 17.3 Å². The van der Waals surface area contributed by atoms with E-state index in [9.17, 15) is 9.90 Å². The summed E-state index contributed by atoms with van der Waals surface area (Å²) >= 11 is 0. The molecule has 37 heavy (non-hydrogen) atoms. The number of nitrogens with zero attached hydrogens (tertiary/aromatic N) is 3. The average Bonchev–Trinajstić information content (AvgIpc) is 3.69. The number of rotatable bonds is 7. The summed E-state index contributed by atoms with van der Waals surface area (Å²) < 4.78 is 5.87. The lowest BCUT2D eigenvalue weighted by atomic mass is 9.93. The van der Waals surface area contributed by atoms with Crippen molar-refractivity contribution in [2.45, 2.75) is 25.2 Å². The van der Waals surface area contributed by atoms with Gasteiger partial charge in [-0.3, -0.25) is 9.78 Å². The van der Waals surface area contributed by atoms with E-state index in [1.807, 2.05) is 104 Å². The number of hydrogen-bond acceptors (Lipinski definition) is 5. The Morgan fingerprint density at radius 3 is 2.05 bits per heavy atom. The van der Waals surface area contributed by atoms with Crippen molar-refractivity contribution in [3.63, 3.8) is 0 Å². The number of aromatic nitrogens is 2. The van der Waals surface area contributed by atoms with Crippen molar-refractivity contribution in [1.29, 1.82) is 0 Å². The predicted molar refractivity (Wildman–Crippen MR) is 143 cm³/mol. The highest BCUT2D eigenvalue weighted by atomic mass is 16.5. The van der Waals surface area contributed by atoms with Gasteiger partial charge in [-0.25, -0.2) is 0 Å². The molecule has 1 saturated carbocycles. The van der Waals surface area contributed by atoms with E-state index in [1.54, 1.807) is 6.20 Å². The smallest absolute Gasteiger partial charge is 0.314 e. The van der Waals surface area contributed by atoms with Crippen molar-refractivity contribution in [3.05, 3.63) is 115 Å². The van der Waals surface area contributed by atoms with Gasteiger partial charge in [-0.2, -0.15) is 0 Å². The minimum atomic E-state index is -0.737. The van der Waals surface area contributed by atoms with Crippen molar-refractivity contribution < 1.29 is 14.4 Å². The third-order valence-corrected chi connectivity index (χ3v) is 7.05. The van der Waals surface area contributed by atoms with Crippen LogP contribution in [0.25, 0.3) is 22.5 Å². The molecule has 2 heterocycles. The van der Waals surface area contributed by atoms with Crippen LogP contribution in [-0.4, -0.2) is 21.2 Å². The number of carboxylic acid groups (broad SMARTS) is 1. The Morgan fingerprint density at radius 2 is 1.46 bits per heavy atom. The maximum Gasteiger partial charge on any atom is 0.314 e. The van der Waals surface area contributed by atoms with Crippen LogP contribution in [-0.2, 0) is 10.2 Å². The highest BCUT2D eigenvalue weighted by Crippen LogP contribution is 2.48. The van der Waals surface area contributed by atoms with Crippen molar-refractivity contribution in [2.75, 3.05) is 4.90 Å². The first-order chi connectivity index (χ1) is 18.1. The van der Waals surface area contributed by atoms with Gasteiger partial charge in [0.1, 0.15) is 11.4 Å². The molecule has 1 aliphatic carbocycles. The number of aliphatic carboxylic acids is 1. The van der Waals surface area contributed by atoms with Crippen molar-refractivity contribution in [1.82, 2.24) is 10.1 Å². The van der Waals surface area contributed by atoms with Crippen LogP contribution in [0.4, 0.5) is 17.1 Å². The van der Waals surface area contributed by atoms with E-state index in [0.717, 1.165) is 45.0 Å². The maximum absolute atomic E-state index is 11.6. The van der Waals surface area contributed by atoms with Crippen LogP contribution in [0.3, 0.4) is 0 Å². The maximum atomic E-state index is 11.6. The molecule has 0 saturated heterocycles. The van der Waals surface area contributed by atoms with Crippen LogP contribution in [0.1, 0.15) is 24.1 Å². The molecule has 0 radical (unpaired) electrons. The second-order valence-corrected chi connectivity index (χ2v) is 9.37. The zero-order chi connectivity index (χ0) is 25.4. The van der Waals surface area contributed by atoms with Gasteiger partial charge in [0.2, 0.25) is 0 Å². The molecule has 0 unspecified atom stereocenters. The van der Waals surface area contributed by atoms with E-state index in [-0.39, 0.29) is 0 Å². The van der Waals surface area contributed by atoms with Crippen molar-refractivity contribution >= 4 is 23.0 Å². The highest BCUT2D eigenvalue weighted by molar-refractivity contribution is 5.87. The summed E-state index contributed by atoms with van der Waals surface area (Å²) in [5.41, 5.74) is 6.69. The van der Waals surface area contributed by atoms with Crippen LogP contribution in [0.2, 0.25) is 0 Å². The molecule has 0 atom stereocenters. The lowest BCUT2D eigenvalue weighted by molar-refractivity contribution is -0.140. The van der Waals surface area contributed by atoms with E-state index in [1.165, 1.54) is 0 Å². The van der Waals surface area contributed by atoms with Crippen LogP contribution in [0.15, 0.2) is 108 Å². The molecule has 0 aliphatic heterocycles. The Kier molecular flexibility index (Phi) is 5.57. The summed E-state index contributed by atoms with van der Waals surface area (Å²) in [5.74, 6) is -0.0668. The van der Waals surface area contributed by atoms with Gasteiger partial charge in [0.25, 0.3) is 0 Å². The van der Waals surface area contributed by atoms with Gasteiger partial charge in [-0.15, -0.1) is 0 Å². The average molecular weight is 488 g/mol. The predicted octanol–water partition coefficient (Wildman–Crippen LogP) is 7.30. The molecule has 2 aromatic heterocycles. The minimum Gasteiger partial charge on any atom is -0.481 e. The molecule has 6 heteroatoms. The Hall–Kier alpha value is -4.71. The Morgan fingerprint density at radius 1 is 0.838 bits per heavy atom. The molecule has 6 nitrogen and oxygen atoms in total. The molecule has 182 valence electrons. The third-order valence-electron chi connectivity index (χ3n) is 7.05. The van der Waals surface area contributed by atoms with Gasteiger partial charge in [-0.1, -0.05) is 71.9 Å². The first-order valence-corrected chi connectivity index (χ1v) is 12.2. The van der Waals surface area contributed by atoms with Crippen LogP contribution < -0.4 is 4.90 Å². The first-order valence-electron chi connectivity index (χ1n) is 12.2. The molecule has 6 rings (SSSR count). The van der Waals surface area contributed by atoms with Crippen LogP contribution in [0, 0.1) is 6.92 Å². The van der Waals surface area contributed by atoms with Gasteiger partial charge < -0.3 is 14.5 Å². The lowest BCUT2D eigenvalue weighted by Gasteiger charge is -2.24. The molecule has 1 aliphatic rings. The van der Waals surface area contributed by atoms with E-state index in [2.05, 4.69) is 15.0 Å². The quantitative estimate of drug-likeness (QED) is 0.259. The van der Waals surface area contributed by atoms with E-state index < -0.39 is 11.4 Å². The summed E-state index contributed by atoms with van der Waals surface area (Å²) in [4.78, 5) is 18.1. The summed E-state index contributed by atoms with van der Waals surface area (Å²) in [5, 5.41) is 13.9. The fourth-order valence-electron chi connectivity index (χ4n) is 4.83. The van der Waals surface area contributed by atoms with Gasteiger partial charge in [0.15, 0.2) is 5.76 Å². The number of carboxylic acids is 1. The molecule has 0 bridgehead atoms. The number of anilines is 3. The molecular weight excluding hydrogens is 462 g/mol. The second-order valence-electron chi connectivity index (χ2n) is 9.37. The molecule has 0 amide bonds. The van der Waals surface area contributed by atoms with Gasteiger partial charge in [-0.05, 0) is 60.7 Å². The number of aryl methyl sites for hydroxylation is 1. The molecule has 3 aromatic carbocycles. The normalized spacial score (nSPS) is 13.8. The van der Waals surface area contributed by atoms with E-state index >= 15 is 0 Å². The summed E-state index contributed by atoms with van der Waals surface area (Å²) in [6.45, 7) is 1.94. The monoisotopic (exact) mass is 487 g/mol. The second kappa shape index (κ2) is 9.06. The minimum absolute atomic E-state index is 0.671. The number of para-hydroxylation sites is 1. The SMILES string of the molecule is Cc1noc(-c2ccc(-c3ccc(C4(C(=O)O)CC4)cc3)cc2)c1N(c1ccccc1)c1cccnc1. The van der Waals surface area contributed by atoms with Crippen LogP contribution in [0.5, 0.6) is 0 Å². The highest BCUT2D eigenvalue weighted by Gasteiger charge is 2.51. The summed E-state index contributed by atoms with van der Waals surface area (Å²) in [6, 6.07) is 30.0. The van der Waals surface area contributed by atoms with E-state index in [4.69, 9.17) is 4.52 Å². The van der Waals surface area contributed by atoms with Gasteiger partial charge >= 0.3 is 5.97 Å². The first kappa shape index (κ1) is 22.7. The molecule has 1 fully saturated rings. The van der Waals surface area contributed by atoms with E-state index in [0.29, 0.717) is 18.6 Å². The number of benzene rings is 3. The topological polar surface area (TPSA) is 79.5 Å². The Balaban J connectivity index is 1.35. The number of carbonyl (C=O) groups is 1. The fraction of sp³-hybridized carbons (Fsp3) is 0.129.